The Kier molecular flexibility index (Phi) is 5.81. The van der Waals surface area contributed by atoms with Gasteiger partial charge in [0.2, 0.25) is 0 Å². The molecule has 0 saturated carbocycles. The van der Waals surface area contributed by atoms with Crippen LogP contribution in [0, 0.1) is 0 Å². The van der Waals surface area contributed by atoms with Crippen molar-refractivity contribution in [1.29, 1.82) is 0 Å². The van der Waals surface area contributed by atoms with Crippen molar-refractivity contribution in [3.8, 4) is 0 Å². The first-order valence-electron chi connectivity index (χ1n) is 5.01. The molecule has 0 bridgehead atoms. The topological polar surface area (TPSA) is 76.7 Å². The van der Waals surface area contributed by atoms with Gasteiger partial charge < -0.3 is 20.1 Å². The van der Waals surface area contributed by atoms with Gasteiger partial charge in [-0.25, -0.2) is 4.79 Å². The van der Waals surface area contributed by atoms with Gasteiger partial charge in [-0.1, -0.05) is 0 Å². The highest BCUT2D eigenvalue weighted by atomic mass is 16.6. The SMILES string of the molecule is COCNC(=O)C(C)OC(=O)NC(C)(C)C. The first-order valence-corrected chi connectivity index (χ1v) is 5.01. The van der Waals surface area contributed by atoms with Crippen LogP contribution in [0.3, 0.4) is 0 Å². The van der Waals surface area contributed by atoms with Crippen molar-refractivity contribution < 1.29 is 19.1 Å². The van der Waals surface area contributed by atoms with Gasteiger partial charge in [0.1, 0.15) is 6.73 Å². The van der Waals surface area contributed by atoms with E-state index in [0.29, 0.717) is 0 Å². The molecule has 1 unspecified atom stereocenters. The number of rotatable bonds is 4. The Morgan fingerprint density at radius 2 is 1.88 bits per heavy atom. The van der Waals surface area contributed by atoms with E-state index < -0.39 is 18.1 Å². The molecule has 0 aromatic carbocycles. The molecule has 0 saturated heterocycles. The van der Waals surface area contributed by atoms with Crippen LogP contribution < -0.4 is 10.6 Å². The summed E-state index contributed by atoms with van der Waals surface area (Å²) in [5.74, 6) is -0.397. The maximum absolute atomic E-state index is 11.3. The summed E-state index contributed by atoms with van der Waals surface area (Å²) in [7, 11) is 1.46. The third-order valence-electron chi connectivity index (χ3n) is 1.52. The van der Waals surface area contributed by atoms with Crippen molar-refractivity contribution in [2.24, 2.45) is 0 Å². The van der Waals surface area contributed by atoms with E-state index in [1.54, 1.807) is 0 Å². The smallest absolute Gasteiger partial charge is 0.408 e. The van der Waals surface area contributed by atoms with E-state index in [1.807, 2.05) is 20.8 Å². The van der Waals surface area contributed by atoms with Gasteiger partial charge >= 0.3 is 6.09 Å². The Bertz CT molecular complexity index is 248. The highest BCUT2D eigenvalue weighted by Gasteiger charge is 2.20. The van der Waals surface area contributed by atoms with Crippen LogP contribution in [0.25, 0.3) is 0 Å². The summed E-state index contributed by atoms with van der Waals surface area (Å²) in [6.07, 6.45) is -1.47. The Morgan fingerprint density at radius 1 is 1.31 bits per heavy atom. The molecule has 0 heterocycles. The van der Waals surface area contributed by atoms with Gasteiger partial charge in [-0.15, -0.1) is 0 Å². The van der Waals surface area contributed by atoms with E-state index in [4.69, 9.17) is 4.74 Å². The number of amides is 2. The van der Waals surface area contributed by atoms with Crippen molar-refractivity contribution in [3.63, 3.8) is 0 Å². The van der Waals surface area contributed by atoms with Gasteiger partial charge in [0.25, 0.3) is 5.91 Å². The van der Waals surface area contributed by atoms with Crippen LogP contribution in [-0.4, -0.2) is 37.5 Å². The van der Waals surface area contributed by atoms with E-state index in [9.17, 15) is 9.59 Å². The highest BCUT2D eigenvalue weighted by Crippen LogP contribution is 2.00. The van der Waals surface area contributed by atoms with Crippen LogP contribution in [0.2, 0.25) is 0 Å². The lowest BCUT2D eigenvalue weighted by molar-refractivity contribution is -0.130. The van der Waals surface area contributed by atoms with E-state index in [0.717, 1.165) is 0 Å². The van der Waals surface area contributed by atoms with Crippen LogP contribution >= 0.6 is 0 Å². The third kappa shape index (κ3) is 7.05. The number of methoxy groups -OCH3 is 1. The summed E-state index contributed by atoms with van der Waals surface area (Å²) in [6, 6.07) is 0. The van der Waals surface area contributed by atoms with E-state index in [1.165, 1.54) is 14.0 Å². The quantitative estimate of drug-likeness (QED) is 0.697. The molecule has 6 nitrogen and oxygen atoms in total. The lowest BCUT2D eigenvalue weighted by atomic mass is 10.1. The predicted octanol–water partition coefficient (Wildman–Crippen LogP) is 0.620. The number of alkyl carbamates (subject to hydrolysis) is 1. The molecular formula is C10H20N2O4. The second-order valence-corrected chi connectivity index (χ2v) is 4.40. The minimum atomic E-state index is -0.850. The fourth-order valence-corrected chi connectivity index (χ4v) is 0.837. The lowest BCUT2D eigenvalue weighted by Gasteiger charge is -2.21. The number of carbonyl (C=O) groups is 2. The van der Waals surface area contributed by atoms with Crippen molar-refractivity contribution in [1.82, 2.24) is 10.6 Å². The van der Waals surface area contributed by atoms with E-state index in [-0.39, 0.29) is 12.3 Å². The maximum Gasteiger partial charge on any atom is 0.408 e. The van der Waals surface area contributed by atoms with Gasteiger partial charge in [0.15, 0.2) is 6.10 Å². The number of nitrogens with one attached hydrogen (secondary N) is 2. The third-order valence-corrected chi connectivity index (χ3v) is 1.52. The minimum absolute atomic E-state index is 0.0907. The summed E-state index contributed by atoms with van der Waals surface area (Å²) >= 11 is 0. The second-order valence-electron chi connectivity index (χ2n) is 4.40. The Balaban J connectivity index is 3.99. The standard InChI is InChI=1S/C10H20N2O4/c1-7(8(13)11-6-15-5)16-9(14)12-10(2,3)4/h7H,6H2,1-5H3,(H,11,13)(H,12,14). The summed E-state index contributed by atoms with van der Waals surface area (Å²) in [5, 5.41) is 5.02. The average Bonchev–Trinajstić information content (AvgIpc) is 2.10. The van der Waals surface area contributed by atoms with Crippen LogP contribution in [-0.2, 0) is 14.3 Å². The maximum atomic E-state index is 11.3. The van der Waals surface area contributed by atoms with Crippen LogP contribution in [0.4, 0.5) is 4.79 Å². The van der Waals surface area contributed by atoms with Crippen molar-refractivity contribution in [2.75, 3.05) is 13.8 Å². The molecule has 0 aromatic rings. The molecular weight excluding hydrogens is 212 g/mol. The predicted molar refractivity (Wildman–Crippen MR) is 58.9 cm³/mol. The van der Waals surface area contributed by atoms with Crippen LogP contribution in [0.5, 0.6) is 0 Å². The van der Waals surface area contributed by atoms with Gasteiger partial charge in [0.05, 0.1) is 0 Å². The molecule has 0 rings (SSSR count). The molecule has 16 heavy (non-hydrogen) atoms. The monoisotopic (exact) mass is 232 g/mol. The average molecular weight is 232 g/mol. The number of hydrogen-bond acceptors (Lipinski definition) is 4. The molecule has 0 spiro atoms. The highest BCUT2D eigenvalue weighted by molar-refractivity contribution is 5.82. The lowest BCUT2D eigenvalue weighted by Crippen LogP contribution is -2.44. The number of carbonyl (C=O) groups excluding carboxylic acids is 2. The molecule has 0 aliphatic rings. The van der Waals surface area contributed by atoms with Gasteiger partial charge in [0, 0.05) is 12.6 Å². The van der Waals surface area contributed by atoms with Crippen molar-refractivity contribution >= 4 is 12.0 Å². The fraction of sp³-hybridized carbons (Fsp3) is 0.800. The molecule has 6 heteroatoms. The summed E-state index contributed by atoms with van der Waals surface area (Å²) in [5.41, 5.74) is -0.389. The zero-order chi connectivity index (χ0) is 12.8. The second kappa shape index (κ2) is 6.32. The molecule has 94 valence electrons. The summed E-state index contributed by atoms with van der Waals surface area (Å²) in [6.45, 7) is 7.05. The molecule has 0 radical (unpaired) electrons. The minimum Gasteiger partial charge on any atom is -0.436 e. The van der Waals surface area contributed by atoms with Crippen LogP contribution in [0.1, 0.15) is 27.7 Å². The Hall–Kier alpha value is -1.30. The first kappa shape index (κ1) is 14.7. The summed E-state index contributed by atoms with van der Waals surface area (Å²) < 4.78 is 9.53. The van der Waals surface area contributed by atoms with Gasteiger partial charge in [-0.3, -0.25) is 4.79 Å². The molecule has 0 aliphatic carbocycles. The van der Waals surface area contributed by atoms with Gasteiger partial charge in [-0.05, 0) is 27.7 Å². The number of hydrogen-bond donors (Lipinski definition) is 2. The van der Waals surface area contributed by atoms with Gasteiger partial charge in [-0.2, -0.15) is 0 Å². The largest absolute Gasteiger partial charge is 0.436 e. The zero-order valence-electron chi connectivity index (χ0n) is 10.4. The van der Waals surface area contributed by atoms with Crippen LogP contribution in [0.15, 0.2) is 0 Å². The molecule has 2 amide bonds. The normalized spacial score (nSPS) is 12.8. The molecule has 0 aromatic heterocycles. The fourth-order valence-electron chi connectivity index (χ4n) is 0.837. The molecule has 0 aliphatic heterocycles. The zero-order valence-corrected chi connectivity index (χ0v) is 10.4. The van der Waals surface area contributed by atoms with Crippen molar-refractivity contribution in [3.05, 3.63) is 0 Å². The summed E-state index contributed by atoms with van der Waals surface area (Å²) in [4.78, 5) is 22.6. The Labute approximate surface area is 95.7 Å². The Morgan fingerprint density at radius 3 is 2.31 bits per heavy atom. The molecule has 1 atom stereocenters. The molecule has 0 fully saturated rings. The number of ether oxygens (including phenoxy) is 2. The van der Waals surface area contributed by atoms with E-state index in [2.05, 4.69) is 15.4 Å². The molecule has 2 N–H and O–H groups in total. The van der Waals surface area contributed by atoms with E-state index >= 15 is 0 Å². The van der Waals surface area contributed by atoms with Crippen molar-refractivity contribution in [2.45, 2.75) is 39.3 Å². The first-order chi connectivity index (χ1) is 7.26.